The van der Waals surface area contributed by atoms with E-state index in [9.17, 15) is 0 Å². The van der Waals surface area contributed by atoms with Crippen LogP contribution in [0.1, 0.15) is 5.56 Å². The fourth-order valence-electron chi connectivity index (χ4n) is 3.70. The molecule has 1 aliphatic heterocycles. The molecule has 0 amide bonds. The van der Waals surface area contributed by atoms with Gasteiger partial charge in [-0.15, -0.1) is 0 Å². The van der Waals surface area contributed by atoms with Gasteiger partial charge in [-0.2, -0.15) is 0 Å². The molecule has 0 unspecified atom stereocenters. The topological polar surface area (TPSA) is 16.1 Å². The quantitative estimate of drug-likeness (QED) is 0.279. The number of pyridine rings is 1. The standard InChI is InChI=1S/C19H15NS.C9H7N/c1-20-17-8-4-5-9-18(17)21-19(20)13-14-10-11-15-6-2-3-7-16(15)12-14;1-2-6-9-8(4-1)5-3-7-10-9/h2-13H,1H3;1-7H. The van der Waals surface area contributed by atoms with Crippen molar-refractivity contribution < 1.29 is 0 Å². The molecular formula is C28H22N2S. The summed E-state index contributed by atoms with van der Waals surface area (Å²) >= 11 is 1.83. The van der Waals surface area contributed by atoms with Crippen LogP contribution in [0.25, 0.3) is 27.8 Å². The minimum Gasteiger partial charge on any atom is -0.338 e. The third-order valence-electron chi connectivity index (χ3n) is 5.35. The van der Waals surface area contributed by atoms with Crippen LogP contribution < -0.4 is 4.90 Å². The van der Waals surface area contributed by atoms with E-state index in [1.165, 1.54) is 37.3 Å². The Morgan fingerprint density at radius 2 is 1.42 bits per heavy atom. The van der Waals surface area contributed by atoms with E-state index < -0.39 is 0 Å². The van der Waals surface area contributed by atoms with Crippen molar-refractivity contribution in [2.45, 2.75) is 4.90 Å². The second-order valence-electron chi connectivity index (χ2n) is 7.41. The predicted octanol–water partition coefficient (Wildman–Crippen LogP) is 7.62. The second-order valence-corrected chi connectivity index (χ2v) is 8.48. The fourth-order valence-corrected chi connectivity index (χ4v) is 4.81. The molecule has 0 fully saturated rings. The molecule has 6 rings (SSSR count). The van der Waals surface area contributed by atoms with Crippen molar-refractivity contribution in [2.75, 3.05) is 11.9 Å². The Kier molecular flexibility index (Phi) is 5.42. The van der Waals surface area contributed by atoms with E-state index in [4.69, 9.17) is 0 Å². The Labute approximate surface area is 186 Å². The van der Waals surface area contributed by atoms with E-state index in [-0.39, 0.29) is 0 Å². The highest BCUT2D eigenvalue weighted by Gasteiger charge is 2.20. The largest absolute Gasteiger partial charge is 0.338 e. The Bertz CT molecular complexity index is 1320. The van der Waals surface area contributed by atoms with Crippen molar-refractivity contribution in [3.8, 4) is 0 Å². The van der Waals surface area contributed by atoms with Gasteiger partial charge in [0.1, 0.15) is 0 Å². The molecule has 0 atom stereocenters. The van der Waals surface area contributed by atoms with Crippen LogP contribution in [-0.4, -0.2) is 12.0 Å². The first-order chi connectivity index (χ1) is 15.3. The minimum atomic E-state index is 1.06. The molecule has 150 valence electrons. The van der Waals surface area contributed by atoms with E-state index in [2.05, 4.69) is 102 Å². The van der Waals surface area contributed by atoms with E-state index in [0.717, 1.165) is 5.52 Å². The number of anilines is 1. The van der Waals surface area contributed by atoms with Crippen LogP contribution in [0, 0.1) is 0 Å². The molecule has 0 saturated carbocycles. The zero-order chi connectivity index (χ0) is 21.0. The van der Waals surface area contributed by atoms with Crippen LogP contribution >= 0.6 is 11.8 Å². The van der Waals surface area contributed by atoms with E-state index in [0.29, 0.717) is 0 Å². The highest BCUT2D eigenvalue weighted by atomic mass is 32.2. The van der Waals surface area contributed by atoms with Gasteiger partial charge in [-0.3, -0.25) is 4.98 Å². The molecule has 0 spiro atoms. The first-order valence-electron chi connectivity index (χ1n) is 10.3. The normalized spacial score (nSPS) is 13.8. The number of rotatable bonds is 1. The third-order valence-corrected chi connectivity index (χ3v) is 6.51. The maximum absolute atomic E-state index is 4.18. The highest BCUT2D eigenvalue weighted by molar-refractivity contribution is 8.03. The smallest absolute Gasteiger partial charge is 0.0804 e. The van der Waals surface area contributed by atoms with Crippen molar-refractivity contribution in [3.05, 3.63) is 120 Å². The molecule has 0 aliphatic carbocycles. The highest BCUT2D eigenvalue weighted by Crippen LogP contribution is 2.45. The third kappa shape index (κ3) is 4.18. The number of aromatic nitrogens is 1. The Morgan fingerprint density at radius 3 is 2.26 bits per heavy atom. The summed E-state index contributed by atoms with van der Waals surface area (Å²) in [5.74, 6) is 0. The maximum Gasteiger partial charge on any atom is 0.0804 e. The minimum absolute atomic E-state index is 1.06. The fraction of sp³-hybridized carbons (Fsp3) is 0.0357. The molecule has 0 saturated heterocycles. The van der Waals surface area contributed by atoms with Crippen LogP contribution in [0.4, 0.5) is 5.69 Å². The van der Waals surface area contributed by atoms with Gasteiger partial charge in [0.05, 0.1) is 16.2 Å². The van der Waals surface area contributed by atoms with Crippen molar-refractivity contribution in [1.29, 1.82) is 0 Å². The summed E-state index contributed by atoms with van der Waals surface area (Å²) in [5, 5.41) is 5.04. The predicted molar refractivity (Wildman–Crippen MR) is 134 cm³/mol. The van der Waals surface area contributed by atoms with Gasteiger partial charge in [0.25, 0.3) is 0 Å². The van der Waals surface area contributed by atoms with Gasteiger partial charge in [0.15, 0.2) is 0 Å². The van der Waals surface area contributed by atoms with E-state index in [1.54, 1.807) is 0 Å². The van der Waals surface area contributed by atoms with Crippen LogP contribution in [0.3, 0.4) is 0 Å². The van der Waals surface area contributed by atoms with E-state index >= 15 is 0 Å². The lowest BCUT2D eigenvalue weighted by atomic mass is 10.1. The van der Waals surface area contributed by atoms with Gasteiger partial charge >= 0.3 is 0 Å². The monoisotopic (exact) mass is 418 g/mol. The molecule has 5 aromatic rings. The molecule has 31 heavy (non-hydrogen) atoms. The van der Waals surface area contributed by atoms with Crippen molar-refractivity contribution in [1.82, 2.24) is 4.98 Å². The molecule has 0 bridgehead atoms. The Morgan fingerprint density at radius 1 is 0.710 bits per heavy atom. The zero-order valence-electron chi connectivity index (χ0n) is 17.3. The summed E-state index contributed by atoms with van der Waals surface area (Å²) < 4.78 is 0. The molecule has 1 aliphatic rings. The molecule has 2 nitrogen and oxygen atoms in total. The summed E-state index contributed by atoms with van der Waals surface area (Å²) in [7, 11) is 2.13. The maximum atomic E-state index is 4.18. The van der Waals surface area contributed by atoms with Gasteiger partial charge in [0.2, 0.25) is 0 Å². The lowest BCUT2D eigenvalue weighted by Crippen LogP contribution is -2.09. The molecule has 1 aromatic heterocycles. The van der Waals surface area contributed by atoms with Crippen molar-refractivity contribution in [3.63, 3.8) is 0 Å². The lowest BCUT2D eigenvalue weighted by molar-refractivity contribution is 1.18. The zero-order valence-corrected chi connectivity index (χ0v) is 18.1. The van der Waals surface area contributed by atoms with Gasteiger partial charge in [-0.1, -0.05) is 84.6 Å². The van der Waals surface area contributed by atoms with Gasteiger partial charge in [0, 0.05) is 23.5 Å². The van der Waals surface area contributed by atoms with Crippen LogP contribution in [-0.2, 0) is 0 Å². The average Bonchev–Trinajstić information content (AvgIpc) is 3.15. The average molecular weight is 419 g/mol. The number of nitrogens with zero attached hydrogens (tertiary/aromatic N) is 2. The lowest BCUT2D eigenvalue weighted by Gasteiger charge is -2.13. The summed E-state index contributed by atoms with van der Waals surface area (Å²) in [6, 6.07) is 35.7. The molecule has 0 N–H and O–H groups in total. The van der Waals surface area contributed by atoms with E-state index in [1.807, 2.05) is 42.2 Å². The molecule has 4 aromatic carbocycles. The summed E-state index contributed by atoms with van der Waals surface area (Å²) in [5.41, 5.74) is 3.59. The molecule has 3 heteroatoms. The number of benzene rings is 4. The SMILES string of the molecule is CN1C(=Cc2ccc3ccccc3c2)Sc2ccccc21.c1ccc2ncccc2c1. The Balaban J connectivity index is 0.000000171. The van der Waals surface area contributed by atoms with Gasteiger partial charge in [-0.25, -0.2) is 0 Å². The summed E-state index contributed by atoms with van der Waals surface area (Å²) in [4.78, 5) is 7.77. The summed E-state index contributed by atoms with van der Waals surface area (Å²) in [6.45, 7) is 0. The first-order valence-corrected chi connectivity index (χ1v) is 11.1. The number of para-hydroxylation sites is 2. The van der Waals surface area contributed by atoms with Gasteiger partial charge in [-0.05, 0) is 52.7 Å². The summed E-state index contributed by atoms with van der Waals surface area (Å²) in [6.07, 6.45) is 4.07. The molecule has 0 radical (unpaired) electrons. The van der Waals surface area contributed by atoms with Crippen LogP contribution in [0.15, 0.2) is 119 Å². The van der Waals surface area contributed by atoms with Crippen LogP contribution in [0.2, 0.25) is 0 Å². The molecule has 2 heterocycles. The number of fused-ring (bicyclic) bond motifs is 3. The van der Waals surface area contributed by atoms with Crippen LogP contribution in [0.5, 0.6) is 0 Å². The number of hydrogen-bond acceptors (Lipinski definition) is 3. The second kappa shape index (κ2) is 8.66. The van der Waals surface area contributed by atoms with Crippen molar-refractivity contribution in [2.24, 2.45) is 0 Å². The molecular weight excluding hydrogens is 396 g/mol. The van der Waals surface area contributed by atoms with Crippen molar-refractivity contribution >= 4 is 45.2 Å². The number of hydrogen-bond donors (Lipinski definition) is 0. The van der Waals surface area contributed by atoms with Gasteiger partial charge < -0.3 is 4.90 Å². The first kappa shape index (κ1) is 19.4. The Hall–Kier alpha value is -3.56. The number of thioether (sulfide) groups is 1.